The average molecular weight is 478 g/mol. The number of carbonyl (C=O) groups excluding carboxylic acids is 1. The molecule has 0 aliphatic carbocycles. The quantitative estimate of drug-likeness (QED) is 0.340. The van der Waals surface area contributed by atoms with Gasteiger partial charge in [-0.1, -0.05) is 35.5 Å². The molecule has 0 aliphatic heterocycles. The fraction of sp³-hybridized carbons (Fsp3) is 0.167. The molecule has 4 aromatic rings. The van der Waals surface area contributed by atoms with E-state index >= 15 is 0 Å². The van der Waals surface area contributed by atoms with Gasteiger partial charge in [0.15, 0.2) is 5.82 Å². The Morgan fingerprint density at radius 3 is 2.55 bits per heavy atom. The van der Waals surface area contributed by atoms with Crippen LogP contribution >= 0.6 is 23.4 Å². The van der Waals surface area contributed by atoms with Crippen LogP contribution in [0.4, 0.5) is 0 Å². The van der Waals surface area contributed by atoms with Gasteiger partial charge in [0.2, 0.25) is 0 Å². The molecule has 0 fully saturated rings. The Hall–Kier alpha value is -3.54. The number of imidazole rings is 1. The van der Waals surface area contributed by atoms with Gasteiger partial charge in [-0.05, 0) is 49.4 Å². The van der Waals surface area contributed by atoms with Gasteiger partial charge in [-0.15, -0.1) is 0 Å². The number of halogens is 1. The van der Waals surface area contributed by atoms with Crippen molar-refractivity contribution in [2.45, 2.75) is 23.4 Å². The lowest BCUT2D eigenvalue weighted by molar-refractivity contribution is -0.144. The summed E-state index contributed by atoms with van der Waals surface area (Å²) in [5.41, 5.74) is 2.88. The fourth-order valence-electron chi connectivity index (χ4n) is 3.24. The largest absolute Gasteiger partial charge is 0.465 e. The molecule has 0 amide bonds. The minimum absolute atomic E-state index is 0.0348. The Morgan fingerprint density at radius 2 is 1.88 bits per heavy atom. The summed E-state index contributed by atoms with van der Waals surface area (Å²) in [6.45, 7) is 2.13. The average Bonchev–Trinajstić information content (AvgIpc) is 3.40. The lowest BCUT2D eigenvalue weighted by Crippen LogP contribution is -2.13. The number of benzene rings is 2. The SMILES string of the molecule is CCOC(=O)Cn1ccc(-c2nc(-c3ccc(C#N)cc3)c(Sc3ccc(Cl)cc3)n2C)n1. The van der Waals surface area contributed by atoms with E-state index in [0.29, 0.717) is 28.7 Å². The molecule has 0 saturated heterocycles. The normalized spacial score (nSPS) is 10.7. The number of aromatic nitrogens is 4. The lowest BCUT2D eigenvalue weighted by Gasteiger charge is -2.07. The molecule has 33 heavy (non-hydrogen) atoms. The Labute approximate surface area is 200 Å². The molecule has 2 aromatic heterocycles. The lowest BCUT2D eigenvalue weighted by atomic mass is 10.1. The van der Waals surface area contributed by atoms with Crippen LogP contribution in [0.25, 0.3) is 22.8 Å². The number of rotatable bonds is 7. The number of nitrogens with zero attached hydrogens (tertiary/aromatic N) is 5. The van der Waals surface area contributed by atoms with Gasteiger partial charge in [0, 0.05) is 28.7 Å². The first-order valence-electron chi connectivity index (χ1n) is 10.2. The van der Waals surface area contributed by atoms with E-state index in [0.717, 1.165) is 21.2 Å². The van der Waals surface area contributed by atoms with Crippen molar-refractivity contribution in [1.82, 2.24) is 19.3 Å². The molecule has 0 spiro atoms. The molecule has 0 aliphatic rings. The maximum Gasteiger partial charge on any atom is 0.327 e. The van der Waals surface area contributed by atoms with Crippen molar-refractivity contribution in [2.24, 2.45) is 7.05 Å². The van der Waals surface area contributed by atoms with Crippen LogP contribution in [0.3, 0.4) is 0 Å². The van der Waals surface area contributed by atoms with Gasteiger partial charge in [-0.2, -0.15) is 10.4 Å². The summed E-state index contributed by atoms with van der Waals surface area (Å²) in [5.74, 6) is 0.317. The minimum Gasteiger partial charge on any atom is -0.465 e. The van der Waals surface area contributed by atoms with E-state index < -0.39 is 0 Å². The second kappa shape index (κ2) is 9.94. The standard InChI is InChI=1S/C24H20ClN5O2S/c1-3-32-21(31)15-30-13-12-20(28-30)23-27-22(17-6-4-16(14-26)5-7-17)24(29(23)2)33-19-10-8-18(25)9-11-19/h4-13H,3,15H2,1-2H3. The van der Waals surface area contributed by atoms with E-state index in [9.17, 15) is 4.79 Å². The predicted octanol–water partition coefficient (Wildman–Crippen LogP) is 5.19. The topological polar surface area (TPSA) is 85.7 Å². The molecular formula is C24H20ClN5O2S. The second-order valence-corrected chi connectivity index (χ2v) is 8.60. The molecule has 4 rings (SSSR count). The van der Waals surface area contributed by atoms with Gasteiger partial charge in [0.25, 0.3) is 0 Å². The predicted molar refractivity (Wildman–Crippen MR) is 127 cm³/mol. The molecule has 0 radical (unpaired) electrons. The van der Waals surface area contributed by atoms with Gasteiger partial charge in [0.05, 0.1) is 18.2 Å². The summed E-state index contributed by atoms with van der Waals surface area (Å²) in [5, 5.41) is 15.2. The highest BCUT2D eigenvalue weighted by Gasteiger charge is 2.20. The summed E-state index contributed by atoms with van der Waals surface area (Å²) in [4.78, 5) is 17.7. The zero-order valence-electron chi connectivity index (χ0n) is 18.0. The number of hydrogen-bond donors (Lipinski definition) is 0. The Balaban J connectivity index is 1.74. The van der Waals surface area contributed by atoms with Gasteiger partial charge >= 0.3 is 5.97 Å². The molecule has 166 valence electrons. The van der Waals surface area contributed by atoms with Crippen LogP contribution in [0, 0.1) is 11.3 Å². The first-order chi connectivity index (χ1) is 16.0. The van der Waals surface area contributed by atoms with E-state index in [1.165, 1.54) is 4.68 Å². The number of ether oxygens (including phenoxy) is 1. The summed E-state index contributed by atoms with van der Waals surface area (Å²) < 4.78 is 8.52. The molecular weight excluding hydrogens is 458 g/mol. The van der Waals surface area contributed by atoms with Gasteiger partial charge in [-0.25, -0.2) is 4.98 Å². The van der Waals surface area contributed by atoms with Crippen molar-refractivity contribution >= 4 is 29.3 Å². The molecule has 9 heteroatoms. The molecule has 0 atom stereocenters. The molecule has 0 bridgehead atoms. The molecule has 0 N–H and O–H groups in total. The van der Waals surface area contributed by atoms with Gasteiger partial charge in [-0.3, -0.25) is 9.48 Å². The van der Waals surface area contributed by atoms with Crippen molar-refractivity contribution in [3.05, 3.63) is 71.4 Å². The number of carbonyl (C=O) groups is 1. The summed E-state index contributed by atoms with van der Waals surface area (Å²) >= 11 is 7.61. The monoisotopic (exact) mass is 477 g/mol. The van der Waals surface area contributed by atoms with Gasteiger partial charge in [0.1, 0.15) is 23.0 Å². The molecule has 0 unspecified atom stereocenters. The van der Waals surface area contributed by atoms with E-state index in [2.05, 4.69) is 11.2 Å². The van der Waals surface area contributed by atoms with Crippen LogP contribution in [-0.4, -0.2) is 31.9 Å². The highest BCUT2D eigenvalue weighted by molar-refractivity contribution is 7.99. The van der Waals surface area contributed by atoms with Crippen LogP contribution in [0.1, 0.15) is 12.5 Å². The number of nitriles is 1. The molecule has 2 heterocycles. The van der Waals surface area contributed by atoms with Crippen LogP contribution in [0.2, 0.25) is 5.02 Å². The van der Waals surface area contributed by atoms with E-state index in [-0.39, 0.29) is 12.5 Å². The molecule has 2 aromatic carbocycles. The highest BCUT2D eigenvalue weighted by atomic mass is 35.5. The van der Waals surface area contributed by atoms with E-state index in [4.69, 9.17) is 26.6 Å². The van der Waals surface area contributed by atoms with Crippen LogP contribution in [0.15, 0.2) is 70.7 Å². The van der Waals surface area contributed by atoms with Crippen LogP contribution < -0.4 is 0 Å². The minimum atomic E-state index is -0.343. The van der Waals surface area contributed by atoms with E-state index in [1.807, 2.05) is 54.1 Å². The van der Waals surface area contributed by atoms with E-state index in [1.54, 1.807) is 37.0 Å². The van der Waals surface area contributed by atoms with Crippen LogP contribution in [0.5, 0.6) is 0 Å². The van der Waals surface area contributed by atoms with Crippen molar-refractivity contribution in [3.63, 3.8) is 0 Å². The number of hydrogen-bond acceptors (Lipinski definition) is 6. The first kappa shape index (κ1) is 22.6. The van der Waals surface area contributed by atoms with Crippen molar-refractivity contribution in [1.29, 1.82) is 5.26 Å². The Kier molecular flexibility index (Phi) is 6.82. The van der Waals surface area contributed by atoms with Crippen molar-refractivity contribution < 1.29 is 9.53 Å². The maximum atomic E-state index is 11.8. The third-order valence-electron chi connectivity index (χ3n) is 4.82. The fourth-order valence-corrected chi connectivity index (χ4v) is 4.35. The second-order valence-electron chi connectivity index (χ2n) is 7.10. The Morgan fingerprint density at radius 1 is 1.15 bits per heavy atom. The molecule has 0 saturated carbocycles. The smallest absolute Gasteiger partial charge is 0.327 e. The summed E-state index contributed by atoms with van der Waals surface area (Å²) in [6.07, 6.45) is 1.73. The Bertz CT molecular complexity index is 1320. The summed E-state index contributed by atoms with van der Waals surface area (Å²) in [7, 11) is 1.93. The zero-order chi connectivity index (χ0) is 23.4. The third kappa shape index (κ3) is 5.11. The number of esters is 1. The van der Waals surface area contributed by atoms with Gasteiger partial charge < -0.3 is 9.30 Å². The first-order valence-corrected chi connectivity index (χ1v) is 11.4. The third-order valence-corrected chi connectivity index (χ3v) is 6.24. The van der Waals surface area contributed by atoms with Crippen LogP contribution in [-0.2, 0) is 23.1 Å². The molecule has 7 nitrogen and oxygen atoms in total. The summed E-state index contributed by atoms with van der Waals surface area (Å²) in [6, 6.07) is 18.9. The van der Waals surface area contributed by atoms with Crippen molar-refractivity contribution in [2.75, 3.05) is 6.61 Å². The maximum absolute atomic E-state index is 11.8. The van der Waals surface area contributed by atoms with Crippen molar-refractivity contribution in [3.8, 4) is 28.8 Å². The highest BCUT2D eigenvalue weighted by Crippen LogP contribution is 2.38. The zero-order valence-corrected chi connectivity index (χ0v) is 19.6.